The highest BCUT2D eigenvalue weighted by atomic mass is 19.1. The number of H-pyrrole nitrogens is 1. The van der Waals surface area contributed by atoms with E-state index in [4.69, 9.17) is 24.9 Å². The lowest BCUT2D eigenvalue weighted by atomic mass is 9.91. The molecule has 1 saturated carbocycles. The number of rotatable bonds is 8. The summed E-state index contributed by atoms with van der Waals surface area (Å²) in [5, 5.41) is 2.79. The van der Waals surface area contributed by atoms with Gasteiger partial charge in [0.15, 0.2) is 5.82 Å². The number of hydrogen-bond acceptors (Lipinski definition) is 8. The predicted molar refractivity (Wildman–Crippen MR) is 137 cm³/mol. The number of nitrogens with zero attached hydrogens (tertiary/aromatic N) is 3. The van der Waals surface area contributed by atoms with Crippen LogP contribution in [-0.4, -0.2) is 58.3 Å². The van der Waals surface area contributed by atoms with Crippen LogP contribution in [0.4, 0.5) is 4.39 Å². The van der Waals surface area contributed by atoms with Crippen molar-refractivity contribution in [3.8, 4) is 28.7 Å². The number of imidazole rings is 1. The van der Waals surface area contributed by atoms with Crippen LogP contribution in [0.15, 0.2) is 36.5 Å². The van der Waals surface area contributed by atoms with E-state index in [2.05, 4.69) is 20.3 Å². The molecule has 202 valence electrons. The van der Waals surface area contributed by atoms with Crippen LogP contribution in [-0.2, 0) is 14.3 Å². The Hall–Kier alpha value is -3.41. The molecule has 11 heteroatoms. The fourth-order valence-corrected chi connectivity index (χ4v) is 4.67. The number of carbonyl (C=O) groups is 1. The summed E-state index contributed by atoms with van der Waals surface area (Å²) in [7, 11) is 0. The van der Waals surface area contributed by atoms with Crippen LogP contribution < -0.4 is 15.8 Å². The minimum atomic E-state index is -0.848. The van der Waals surface area contributed by atoms with Gasteiger partial charge in [-0.25, -0.2) is 14.4 Å². The van der Waals surface area contributed by atoms with Crippen molar-refractivity contribution in [2.45, 2.75) is 51.4 Å². The largest absolute Gasteiger partial charge is 0.460 e. The van der Waals surface area contributed by atoms with Crippen LogP contribution in [0.3, 0.4) is 0 Å². The summed E-state index contributed by atoms with van der Waals surface area (Å²) in [5.74, 6) is -0.112. The Morgan fingerprint density at radius 2 is 1.89 bits per heavy atom. The lowest BCUT2D eigenvalue weighted by Gasteiger charge is -2.35. The molecule has 0 unspecified atom stereocenters. The molecular formula is C27H33FN6O4. The lowest BCUT2D eigenvalue weighted by Crippen LogP contribution is -2.49. The number of carbonyl (C=O) groups excluding carboxylic acids is 1. The number of nitrogens with one attached hydrogen (secondary N) is 2. The van der Waals surface area contributed by atoms with E-state index in [1.807, 2.05) is 0 Å². The van der Waals surface area contributed by atoms with Gasteiger partial charge in [-0.15, -0.1) is 0 Å². The van der Waals surface area contributed by atoms with Gasteiger partial charge < -0.3 is 30.2 Å². The van der Waals surface area contributed by atoms with Crippen LogP contribution in [0, 0.1) is 11.2 Å². The molecule has 4 N–H and O–H groups in total. The van der Waals surface area contributed by atoms with E-state index in [9.17, 15) is 9.18 Å². The molecule has 3 aromatic rings. The minimum absolute atomic E-state index is 0.105. The predicted octanol–water partition coefficient (Wildman–Crippen LogP) is 3.51. The minimum Gasteiger partial charge on any atom is -0.460 e. The maximum Gasteiger partial charge on any atom is 0.317 e. The Morgan fingerprint density at radius 3 is 2.61 bits per heavy atom. The monoisotopic (exact) mass is 524 g/mol. The Kier molecular flexibility index (Phi) is 7.96. The zero-order valence-electron chi connectivity index (χ0n) is 21.4. The average Bonchev–Trinajstić information content (AvgIpc) is 3.39. The van der Waals surface area contributed by atoms with Crippen LogP contribution >= 0.6 is 0 Å². The van der Waals surface area contributed by atoms with Crippen molar-refractivity contribution in [1.29, 1.82) is 0 Å². The number of halogens is 1. The summed E-state index contributed by atoms with van der Waals surface area (Å²) in [6.45, 7) is 2.79. The quantitative estimate of drug-likeness (QED) is 0.407. The molecule has 5 rings (SSSR count). The zero-order valence-corrected chi connectivity index (χ0v) is 21.4. The third-order valence-electron chi connectivity index (χ3n) is 6.86. The van der Waals surface area contributed by atoms with Gasteiger partial charge in [0.2, 0.25) is 12.2 Å². The fourth-order valence-electron chi connectivity index (χ4n) is 4.67. The van der Waals surface area contributed by atoms with Crippen molar-refractivity contribution in [2.75, 3.05) is 26.3 Å². The fraction of sp³-hybridized carbons (Fsp3) is 0.481. The average molecular weight is 525 g/mol. The second-order valence-corrected chi connectivity index (χ2v) is 10.0. The van der Waals surface area contributed by atoms with Crippen molar-refractivity contribution >= 4 is 5.91 Å². The molecule has 1 amide bonds. The maximum atomic E-state index is 13.7. The zero-order chi connectivity index (χ0) is 26.5. The maximum absolute atomic E-state index is 13.7. The van der Waals surface area contributed by atoms with Crippen molar-refractivity contribution in [3.63, 3.8) is 0 Å². The van der Waals surface area contributed by atoms with Gasteiger partial charge in [0.25, 0.3) is 0 Å². The van der Waals surface area contributed by atoms with Crippen LogP contribution in [0.5, 0.6) is 6.01 Å². The smallest absolute Gasteiger partial charge is 0.317 e. The van der Waals surface area contributed by atoms with Crippen molar-refractivity contribution in [1.82, 2.24) is 25.3 Å². The normalized spacial score (nSPS) is 22.2. The molecule has 0 atom stereocenters. The molecule has 2 aromatic heterocycles. The van der Waals surface area contributed by atoms with Gasteiger partial charge in [-0.3, -0.25) is 4.79 Å². The molecule has 0 radical (unpaired) electrons. The number of ether oxygens (including phenoxy) is 3. The van der Waals surface area contributed by atoms with E-state index in [0.717, 1.165) is 25.7 Å². The summed E-state index contributed by atoms with van der Waals surface area (Å²) >= 11 is 0. The first-order chi connectivity index (χ1) is 18.4. The SMILES string of the molecule is CC1(C(=O)NCCN)COC(c2nc(-c3ccc(F)cc3)c(-c3ccnc(OC4CCCCC4)n3)[nH]2)OC1. The second kappa shape index (κ2) is 11.5. The van der Waals surface area contributed by atoms with Crippen LogP contribution in [0.1, 0.15) is 51.1 Å². The van der Waals surface area contributed by atoms with E-state index < -0.39 is 11.7 Å². The molecular weight excluding hydrogens is 491 g/mol. The third-order valence-corrected chi connectivity index (χ3v) is 6.86. The van der Waals surface area contributed by atoms with Crippen molar-refractivity contribution in [3.05, 3.63) is 48.2 Å². The second-order valence-electron chi connectivity index (χ2n) is 10.0. The summed E-state index contributed by atoms with van der Waals surface area (Å²) in [6.07, 6.45) is 6.41. The summed E-state index contributed by atoms with van der Waals surface area (Å²) in [6, 6.07) is 8.13. The van der Waals surface area contributed by atoms with Crippen molar-refractivity contribution in [2.24, 2.45) is 11.1 Å². The molecule has 1 aliphatic heterocycles. The highest BCUT2D eigenvalue weighted by Gasteiger charge is 2.40. The Labute approximate surface area is 220 Å². The molecule has 1 aliphatic carbocycles. The van der Waals surface area contributed by atoms with E-state index in [1.165, 1.54) is 18.6 Å². The molecule has 0 bridgehead atoms. The molecule has 38 heavy (non-hydrogen) atoms. The van der Waals surface area contributed by atoms with Gasteiger partial charge in [-0.1, -0.05) is 6.42 Å². The van der Waals surface area contributed by atoms with Gasteiger partial charge in [0.1, 0.15) is 11.9 Å². The van der Waals surface area contributed by atoms with Crippen molar-refractivity contribution < 1.29 is 23.4 Å². The van der Waals surface area contributed by atoms with E-state index in [0.29, 0.717) is 47.6 Å². The number of aromatic amines is 1. The summed E-state index contributed by atoms with van der Waals surface area (Å²) < 4.78 is 31.6. The highest BCUT2D eigenvalue weighted by molar-refractivity contribution is 5.82. The van der Waals surface area contributed by atoms with E-state index in [-0.39, 0.29) is 31.0 Å². The molecule has 2 fully saturated rings. The van der Waals surface area contributed by atoms with E-state index in [1.54, 1.807) is 31.3 Å². The molecule has 0 spiro atoms. The van der Waals surface area contributed by atoms with Gasteiger partial charge in [-0.05, 0) is 62.9 Å². The number of hydrogen-bond donors (Lipinski definition) is 3. The van der Waals surface area contributed by atoms with Crippen LogP contribution in [0.25, 0.3) is 22.6 Å². The lowest BCUT2D eigenvalue weighted by molar-refractivity contribution is -0.231. The first-order valence-electron chi connectivity index (χ1n) is 13.0. The summed E-state index contributed by atoms with van der Waals surface area (Å²) in [5.41, 5.74) is 7.08. The van der Waals surface area contributed by atoms with Gasteiger partial charge in [-0.2, -0.15) is 4.98 Å². The molecule has 10 nitrogen and oxygen atoms in total. The molecule has 2 aliphatic rings. The molecule has 3 heterocycles. The topological polar surface area (TPSA) is 137 Å². The molecule has 1 saturated heterocycles. The molecule has 1 aromatic carbocycles. The highest BCUT2D eigenvalue weighted by Crippen LogP contribution is 2.36. The third kappa shape index (κ3) is 5.85. The number of benzene rings is 1. The van der Waals surface area contributed by atoms with Gasteiger partial charge in [0.05, 0.1) is 35.7 Å². The Balaban J connectivity index is 1.41. The first kappa shape index (κ1) is 26.2. The van der Waals surface area contributed by atoms with Gasteiger partial charge in [0, 0.05) is 24.8 Å². The number of aromatic nitrogens is 4. The van der Waals surface area contributed by atoms with Gasteiger partial charge >= 0.3 is 6.01 Å². The summed E-state index contributed by atoms with van der Waals surface area (Å²) in [4.78, 5) is 29.5. The Morgan fingerprint density at radius 1 is 1.16 bits per heavy atom. The first-order valence-corrected chi connectivity index (χ1v) is 13.0. The van der Waals surface area contributed by atoms with Crippen LogP contribution in [0.2, 0.25) is 0 Å². The Bertz CT molecular complexity index is 1240. The standard InChI is InChI=1S/C27H33FN6O4/c1-27(25(35)30-14-12-29)15-36-24(37-16-27)23-33-21(17-7-9-18(28)10-8-17)22(34-23)20-11-13-31-26(32-20)38-19-5-3-2-4-6-19/h7-11,13,19,24H,2-6,12,14-16,29H2,1H3,(H,30,35)(H,33,34). The number of amides is 1. The van der Waals surface area contributed by atoms with E-state index >= 15 is 0 Å². The number of nitrogens with two attached hydrogens (primary N) is 1.